The van der Waals surface area contributed by atoms with Crippen molar-refractivity contribution in [1.82, 2.24) is 0 Å². The number of nitrogens with one attached hydrogen (secondary N) is 6. The largest absolute Gasteiger partial charge is 0.449 e. The van der Waals surface area contributed by atoms with E-state index in [1.807, 2.05) is 22.6 Å². The Labute approximate surface area is 814 Å². The summed E-state index contributed by atoms with van der Waals surface area (Å²) in [5, 5.41) is 68.1. The van der Waals surface area contributed by atoms with Gasteiger partial charge in [0.25, 0.3) is 5.69 Å². The van der Waals surface area contributed by atoms with Gasteiger partial charge >= 0.3 is 0 Å². The van der Waals surface area contributed by atoms with Crippen LogP contribution in [-0.2, 0) is 113 Å². The number of nitrogens with zero attached hydrogens (tertiary/aromatic N) is 4. The van der Waals surface area contributed by atoms with Gasteiger partial charge in [-0.1, -0.05) is 137 Å². The monoisotopic (exact) mass is 2870 g/mol. The van der Waals surface area contributed by atoms with Gasteiger partial charge in [-0.15, -0.1) is 22.3 Å². The van der Waals surface area contributed by atoms with Crippen molar-refractivity contribution < 1.29 is 154 Å². The molecular weight excluding hydrogens is 2830 g/mol. The Morgan fingerprint density at radius 1 is 0.375 bits per heavy atom. The molecule has 0 aliphatic rings. The van der Waals surface area contributed by atoms with Crippen LogP contribution in [0, 0.1) is 78.0 Å². The number of sulfonamides is 1. The van der Waals surface area contributed by atoms with E-state index in [9.17, 15) is 68.1 Å². The quantitative estimate of drug-likeness (QED) is 0.00918. The second-order valence-electron chi connectivity index (χ2n) is 22.9. The number of nitro benzene ring substituents is 4. The standard InChI is InChI=1S/C19H12ClFIN4O5S.C19H11ClFIN3O3.C19H10ClFIN2O4.C19H10ClFIN2O3S.4W/c20-14-8-11(22)1-6-15(14)25-18-10(9-27)7-16(26(28)29)19(17(18)21)24-12-2-4-13(5-3-12)32(23,30)31;20-14-9-12(22)6-7-15(14)24-18-11(10-26)8-16(25(27)28)19(17(18)21)23-13-4-2-1-3-5-13;2*20-14-9-12(22)6-7-15(14)23-18-11(10-25)8-16(24(26)27)19(17(18)21)28-13-4-2-1-3-5-13;;;;/h1-8,24-25H,(H2,23,30,31);1-9,23-24H;2*1-9,23H;;;;/q4*-1;;;;. The molecule has 0 radical (unpaired) electrons. The van der Waals surface area contributed by atoms with Crippen LogP contribution in [0.4, 0.5) is 109 Å². The molecule has 0 atom stereocenters. The number of hydrogen-bond acceptors (Lipinski definition) is 22. The van der Waals surface area contributed by atoms with Crippen molar-refractivity contribution in [3.05, 3.63) is 333 Å². The molecule has 0 saturated carbocycles. The Bertz CT molecular complexity index is 5590. The molecule has 0 bridgehead atoms. The number of carbonyl (C=O) groups excluding carboxylic acids is 4. The zero-order chi connectivity index (χ0) is 84.4. The number of benzene rings is 12. The van der Waals surface area contributed by atoms with E-state index in [0.717, 1.165) is 62.4 Å². The third kappa shape index (κ3) is 27.2. The third-order valence-corrected chi connectivity index (χ3v) is 21.3. The molecule has 12 rings (SSSR count). The van der Waals surface area contributed by atoms with Gasteiger partial charge in [0, 0.05) is 138 Å². The second kappa shape index (κ2) is 47.8. The van der Waals surface area contributed by atoms with Crippen LogP contribution in [-0.4, -0.2) is 53.3 Å². The number of nitrogens with two attached hydrogens (primary N) is 1. The number of rotatable bonds is 25. The number of para-hydroxylation sites is 2. The van der Waals surface area contributed by atoms with Gasteiger partial charge in [-0.05, 0) is 247 Å². The summed E-state index contributed by atoms with van der Waals surface area (Å²) < 4.78 is 92.8. The van der Waals surface area contributed by atoms with Gasteiger partial charge in [0.2, 0.25) is 32.8 Å². The maximum atomic E-state index is 15.4. The van der Waals surface area contributed by atoms with Gasteiger partial charge in [0.05, 0.1) is 69.8 Å². The molecule has 0 aromatic heterocycles. The summed E-state index contributed by atoms with van der Waals surface area (Å²) in [4.78, 5) is 88.2. The fraction of sp³-hybridized carbons (Fsp3) is 0. The van der Waals surface area contributed by atoms with Crippen molar-refractivity contribution in [3.8, 4) is 11.5 Å². The molecule has 44 heteroatoms. The van der Waals surface area contributed by atoms with E-state index < -0.39 is 92.7 Å². The molecule has 0 saturated heterocycles. The van der Waals surface area contributed by atoms with Gasteiger partial charge in [-0.25, -0.2) is 31.1 Å². The van der Waals surface area contributed by atoms with Crippen LogP contribution < -0.4 is 41.8 Å². The van der Waals surface area contributed by atoms with E-state index in [-0.39, 0.29) is 166 Å². The normalized spacial score (nSPS) is 10.3. The summed E-state index contributed by atoms with van der Waals surface area (Å²) in [5.74, 6) is -4.58. The van der Waals surface area contributed by atoms with Crippen LogP contribution in [0.1, 0.15) is 22.3 Å². The number of hydrogen-bond donors (Lipinski definition) is 7. The molecule has 0 fully saturated rings. The fourth-order valence-corrected chi connectivity index (χ4v) is 15.1. The van der Waals surface area contributed by atoms with Crippen molar-refractivity contribution in [2.24, 2.45) is 5.14 Å². The number of halogens is 12. The minimum atomic E-state index is -3.96. The molecule has 0 amide bonds. The van der Waals surface area contributed by atoms with E-state index >= 15 is 17.6 Å². The summed E-state index contributed by atoms with van der Waals surface area (Å²) in [6, 6.07) is 53.5. The van der Waals surface area contributed by atoms with E-state index in [1.165, 1.54) is 36.8 Å². The Morgan fingerprint density at radius 2 is 0.675 bits per heavy atom. The molecule has 0 spiro atoms. The van der Waals surface area contributed by atoms with Crippen LogP contribution in [0.5, 0.6) is 11.5 Å². The zero-order valence-corrected chi connectivity index (χ0v) is 84.2. The molecule has 0 aliphatic carbocycles. The summed E-state index contributed by atoms with van der Waals surface area (Å²) in [6.07, 6.45) is 6.11. The maximum absolute atomic E-state index is 15.4. The molecule has 120 heavy (non-hydrogen) atoms. The van der Waals surface area contributed by atoms with E-state index in [2.05, 4.69) is 99.7 Å². The van der Waals surface area contributed by atoms with E-state index in [1.54, 1.807) is 164 Å². The number of primary sulfonamides is 1. The molecule has 616 valence electrons. The van der Waals surface area contributed by atoms with Crippen molar-refractivity contribution in [2.75, 3.05) is 31.9 Å². The molecule has 0 heterocycles. The molecule has 8 N–H and O–H groups in total. The predicted molar refractivity (Wildman–Crippen MR) is 469 cm³/mol. The van der Waals surface area contributed by atoms with E-state index in [4.69, 9.17) is 56.3 Å². The van der Waals surface area contributed by atoms with E-state index in [0.29, 0.717) is 37.7 Å². The summed E-state index contributed by atoms with van der Waals surface area (Å²) in [6.45, 7) is 0. The van der Waals surface area contributed by atoms with Gasteiger partial charge < -0.3 is 55.8 Å². The average Bonchev–Trinajstić information content (AvgIpc) is 0.795. The van der Waals surface area contributed by atoms with Crippen LogP contribution in [0.15, 0.2) is 227 Å². The first-order valence-electron chi connectivity index (χ1n) is 31.8. The number of nitro groups is 4. The molecular formula is C76H43Cl4F4I4N11O15S2W4-4. The first-order chi connectivity index (χ1) is 55.2. The van der Waals surface area contributed by atoms with Gasteiger partial charge in [-0.3, -0.25) is 40.5 Å². The third-order valence-electron chi connectivity index (χ3n) is 15.3. The first-order valence-corrected chi connectivity index (χ1v) is 40.0. The minimum absolute atomic E-state index is 0. The maximum Gasteiger partial charge on any atom is 0.262 e. The molecule has 0 aliphatic heterocycles. The Hall–Kier alpha value is -7.67. The van der Waals surface area contributed by atoms with Crippen LogP contribution in [0.25, 0.3) is 0 Å². The van der Waals surface area contributed by atoms with Crippen molar-refractivity contribution in [1.29, 1.82) is 0 Å². The SMILES string of the molecule is NS(=O)(=O)c1ccc(Nc2c([N+](=O)[O-])cc([C-]=O)c(Nc3ccc(I)cc3Cl)c2F)cc1.O=[C-]c1cc([N+](=O)[O-])c(Nc2ccccc2)c(F)c1Nc1ccc(I)cc1Cl.O=[C-]c1cc([N+](=O)[O-])c(Oc2ccccc2)c(F)c1Nc1ccc(I)cc1Cl.O=[C-]c1cc([N+](=O)[O-])c(Sc2ccccc2)c(F)c1Nc1ccc(I)cc1Cl.[W].[W].[W].[W]. The minimum Gasteiger partial charge on any atom is -0.449 e. The fourth-order valence-electron chi connectivity index (χ4n) is 9.97. The van der Waals surface area contributed by atoms with Crippen LogP contribution in [0.3, 0.4) is 0 Å². The van der Waals surface area contributed by atoms with Gasteiger partial charge in [0.15, 0.2) is 0 Å². The van der Waals surface area contributed by atoms with Crippen LogP contribution in [0.2, 0.25) is 20.1 Å². The summed E-state index contributed by atoms with van der Waals surface area (Å²) in [5.41, 5.74) is -4.15. The van der Waals surface area contributed by atoms with Crippen molar-refractivity contribution >= 4 is 275 Å². The van der Waals surface area contributed by atoms with Gasteiger partial charge in [-0.2, -0.15) is 0 Å². The molecule has 12 aromatic carbocycles. The summed E-state index contributed by atoms with van der Waals surface area (Å²) in [7, 11) is -3.96. The van der Waals surface area contributed by atoms with Crippen molar-refractivity contribution in [3.63, 3.8) is 0 Å². The second-order valence-corrected chi connectivity index (χ2v) is 32.1. The number of ether oxygens (including phenoxy) is 1. The molecule has 0 unspecified atom stereocenters. The average molecular weight is 2880 g/mol. The Kier molecular flexibility index (Phi) is 41.0. The topological polar surface area (TPSA) is 382 Å². The van der Waals surface area contributed by atoms with Gasteiger partial charge in [0.1, 0.15) is 45.3 Å². The first kappa shape index (κ1) is 103. The zero-order valence-electron chi connectivity index (χ0n) is 59.2. The summed E-state index contributed by atoms with van der Waals surface area (Å²) >= 11 is 33.8. The molecule has 12 aromatic rings. The molecule has 26 nitrogen and oxygen atoms in total. The van der Waals surface area contributed by atoms with Crippen molar-refractivity contribution in [2.45, 2.75) is 14.7 Å². The Morgan fingerprint density at radius 3 is 1.00 bits per heavy atom. The van der Waals surface area contributed by atoms with Crippen LogP contribution >= 0.6 is 149 Å². The Balaban J connectivity index is 0.000000282. The number of anilines is 12. The predicted octanol–water partition coefficient (Wildman–Crippen LogP) is 22.8. The smallest absolute Gasteiger partial charge is 0.262 e.